The maximum Gasteiger partial charge on any atom is 0.263 e. The van der Waals surface area contributed by atoms with E-state index in [1.807, 2.05) is 42.2 Å². The van der Waals surface area contributed by atoms with Crippen LogP contribution in [-0.4, -0.2) is 53.3 Å². The zero-order valence-electron chi connectivity index (χ0n) is 15.8. The van der Waals surface area contributed by atoms with E-state index in [-0.39, 0.29) is 5.91 Å². The number of anilines is 1. The Balaban J connectivity index is 1.34. The fraction of sp³-hybridized carbons (Fsp3) is 0.476. The van der Waals surface area contributed by atoms with Crippen LogP contribution >= 0.6 is 0 Å². The summed E-state index contributed by atoms with van der Waals surface area (Å²) < 4.78 is 5.78. The van der Waals surface area contributed by atoms with Gasteiger partial charge >= 0.3 is 0 Å². The van der Waals surface area contributed by atoms with E-state index in [0.717, 1.165) is 43.2 Å². The summed E-state index contributed by atoms with van der Waals surface area (Å²) in [4.78, 5) is 16.8. The number of aromatic nitrogens is 2. The number of aryl methyl sites for hydroxylation is 2. The van der Waals surface area contributed by atoms with E-state index in [2.05, 4.69) is 21.2 Å². The highest BCUT2D eigenvalue weighted by Gasteiger charge is 2.27. The number of nitrogens with zero attached hydrogens (tertiary/aromatic N) is 4. The summed E-state index contributed by atoms with van der Waals surface area (Å²) in [6.07, 6.45) is 4.11. The lowest BCUT2D eigenvalue weighted by atomic mass is 9.97. The van der Waals surface area contributed by atoms with Gasteiger partial charge in [0.15, 0.2) is 11.9 Å². The topological polar surface area (TPSA) is 58.6 Å². The molecule has 6 heteroatoms. The van der Waals surface area contributed by atoms with Crippen LogP contribution in [-0.2, 0) is 17.6 Å². The SMILES string of the molecule is C[C@@H](Oc1ccccc1)C(=O)N1CCN(c2cc3c(nn2)CCCC3)CC1. The lowest BCUT2D eigenvalue weighted by Crippen LogP contribution is -2.52. The summed E-state index contributed by atoms with van der Waals surface area (Å²) in [7, 11) is 0. The van der Waals surface area contributed by atoms with Crippen molar-refractivity contribution in [2.24, 2.45) is 0 Å². The van der Waals surface area contributed by atoms with Crippen LogP contribution in [0.5, 0.6) is 5.75 Å². The number of benzene rings is 1. The summed E-state index contributed by atoms with van der Waals surface area (Å²) in [5.74, 6) is 1.70. The van der Waals surface area contributed by atoms with Gasteiger partial charge in [-0.2, -0.15) is 5.10 Å². The Morgan fingerprint density at radius 2 is 1.78 bits per heavy atom. The van der Waals surface area contributed by atoms with E-state index in [1.165, 1.54) is 18.4 Å². The summed E-state index contributed by atoms with van der Waals surface area (Å²) >= 11 is 0. The lowest BCUT2D eigenvalue weighted by Gasteiger charge is -2.36. The molecular formula is C21H26N4O2. The Hall–Kier alpha value is -2.63. The van der Waals surface area contributed by atoms with E-state index in [1.54, 1.807) is 0 Å². The average Bonchev–Trinajstić information content (AvgIpc) is 2.73. The largest absolute Gasteiger partial charge is 0.481 e. The number of fused-ring (bicyclic) bond motifs is 1. The maximum atomic E-state index is 12.7. The quantitative estimate of drug-likeness (QED) is 0.832. The van der Waals surface area contributed by atoms with Crippen molar-refractivity contribution in [1.29, 1.82) is 0 Å². The minimum atomic E-state index is -0.484. The van der Waals surface area contributed by atoms with Gasteiger partial charge in [0.2, 0.25) is 0 Å². The third-order valence-electron chi connectivity index (χ3n) is 5.38. The monoisotopic (exact) mass is 366 g/mol. The highest BCUT2D eigenvalue weighted by Crippen LogP contribution is 2.23. The molecule has 6 nitrogen and oxygen atoms in total. The zero-order valence-corrected chi connectivity index (χ0v) is 15.8. The summed E-state index contributed by atoms with van der Waals surface area (Å²) in [5.41, 5.74) is 2.50. The fourth-order valence-electron chi connectivity index (χ4n) is 3.80. The second kappa shape index (κ2) is 7.94. The Morgan fingerprint density at radius 1 is 1.04 bits per heavy atom. The molecule has 0 saturated carbocycles. The van der Waals surface area contributed by atoms with Crippen molar-refractivity contribution < 1.29 is 9.53 Å². The van der Waals surface area contributed by atoms with Gasteiger partial charge in [0.25, 0.3) is 5.91 Å². The highest BCUT2D eigenvalue weighted by molar-refractivity contribution is 5.81. The predicted octanol–water partition coefficient (Wildman–Crippen LogP) is 2.47. The zero-order chi connectivity index (χ0) is 18.6. The van der Waals surface area contributed by atoms with Crippen molar-refractivity contribution in [2.45, 2.75) is 38.7 Å². The van der Waals surface area contributed by atoms with Crippen LogP contribution in [0, 0.1) is 0 Å². The second-order valence-corrected chi connectivity index (χ2v) is 7.27. The van der Waals surface area contributed by atoms with Gasteiger partial charge in [-0.1, -0.05) is 18.2 Å². The normalized spacial score (nSPS) is 18.0. The lowest BCUT2D eigenvalue weighted by molar-refractivity contribution is -0.138. The summed E-state index contributed by atoms with van der Waals surface area (Å²) in [6.45, 7) is 4.73. The van der Waals surface area contributed by atoms with Gasteiger partial charge in [-0.3, -0.25) is 4.79 Å². The third kappa shape index (κ3) is 4.04. The van der Waals surface area contributed by atoms with Gasteiger partial charge in [-0.15, -0.1) is 5.10 Å². The third-order valence-corrected chi connectivity index (χ3v) is 5.38. The van der Waals surface area contributed by atoms with Gasteiger partial charge in [0.1, 0.15) is 5.75 Å². The summed E-state index contributed by atoms with van der Waals surface area (Å²) in [6, 6.07) is 11.7. The molecule has 2 aliphatic rings. The molecule has 1 saturated heterocycles. The van der Waals surface area contributed by atoms with Gasteiger partial charge in [-0.05, 0) is 56.4 Å². The van der Waals surface area contributed by atoms with Crippen LogP contribution in [0.3, 0.4) is 0 Å². The molecule has 1 aromatic heterocycles. The number of para-hydroxylation sites is 1. The number of carbonyl (C=O) groups is 1. The second-order valence-electron chi connectivity index (χ2n) is 7.27. The Bertz CT molecular complexity index is 788. The first-order valence-electron chi connectivity index (χ1n) is 9.81. The highest BCUT2D eigenvalue weighted by atomic mass is 16.5. The first kappa shape index (κ1) is 17.8. The van der Waals surface area contributed by atoms with Crippen molar-refractivity contribution in [3.63, 3.8) is 0 Å². The molecule has 1 aliphatic carbocycles. The molecule has 142 valence electrons. The molecule has 0 N–H and O–H groups in total. The molecule has 2 heterocycles. The Labute approximate surface area is 160 Å². The number of hydrogen-bond acceptors (Lipinski definition) is 5. The molecule has 2 aromatic rings. The number of rotatable bonds is 4. The predicted molar refractivity (Wildman–Crippen MR) is 104 cm³/mol. The van der Waals surface area contributed by atoms with E-state index in [4.69, 9.17) is 4.74 Å². The van der Waals surface area contributed by atoms with E-state index < -0.39 is 6.10 Å². The molecule has 1 atom stereocenters. The average molecular weight is 366 g/mol. The molecule has 1 aliphatic heterocycles. The maximum absolute atomic E-state index is 12.7. The van der Waals surface area contributed by atoms with Crippen LogP contribution < -0.4 is 9.64 Å². The molecule has 1 aromatic carbocycles. The molecule has 0 bridgehead atoms. The van der Waals surface area contributed by atoms with Gasteiger partial charge < -0.3 is 14.5 Å². The van der Waals surface area contributed by atoms with Gasteiger partial charge in [0, 0.05) is 26.2 Å². The smallest absolute Gasteiger partial charge is 0.263 e. The first-order chi connectivity index (χ1) is 13.2. The first-order valence-corrected chi connectivity index (χ1v) is 9.81. The molecular weight excluding hydrogens is 340 g/mol. The van der Waals surface area contributed by atoms with E-state index in [9.17, 15) is 4.79 Å². The van der Waals surface area contributed by atoms with Crippen LogP contribution in [0.25, 0.3) is 0 Å². The van der Waals surface area contributed by atoms with Crippen molar-refractivity contribution in [2.75, 3.05) is 31.1 Å². The van der Waals surface area contributed by atoms with Crippen molar-refractivity contribution in [1.82, 2.24) is 15.1 Å². The molecule has 1 amide bonds. The minimum absolute atomic E-state index is 0.0371. The fourth-order valence-corrected chi connectivity index (χ4v) is 3.80. The van der Waals surface area contributed by atoms with Gasteiger partial charge in [-0.25, -0.2) is 0 Å². The Morgan fingerprint density at radius 3 is 2.56 bits per heavy atom. The number of hydrogen-bond donors (Lipinski definition) is 0. The molecule has 4 rings (SSSR count). The van der Waals surface area contributed by atoms with Gasteiger partial charge in [0.05, 0.1) is 5.69 Å². The van der Waals surface area contributed by atoms with Crippen LogP contribution in [0.1, 0.15) is 31.0 Å². The molecule has 0 radical (unpaired) electrons. The van der Waals surface area contributed by atoms with Crippen LogP contribution in [0.2, 0.25) is 0 Å². The van der Waals surface area contributed by atoms with Crippen molar-refractivity contribution in [3.05, 3.63) is 47.7 Å². The number of carbonyl (C=O) groups excluding carboxylic acids is 1. The number of ether oxygens (including phenoxy) is 1. The van der Waals surface area contributed by atoms with Crippen LogP contribution in [0.4, 0.5) is 5.82 Å². The number of amides is 1. The molecule has 0 spiro atoms. The molecule has 27 heavy (non-hydrogen) atoms. The van der Waals surface area contributed by atoms with E-state index >= 15 is 0 Å². The molecule has 0 unspecified atom stereocenters. The standard InChI is InChI=1S/C21H26N4O2/c1-16(27-18-8-3-2-4-9-18)21(26)25-13-11-24(12-14-25)20-15-17-7-5-6-10-19(17)22-23-20/h2-4,8-9,15-16H,5-7,10-14H2,1H3/t16-/m1/s1. The summed E-state index contributed by atoms with van der Waals surface area (Å²) in [5, 5.41) is 8.86. The van der Waals surface area contributed by atoms with Crippen molar-refractivity contribution in [3.8, 4) is 5.75 Å². The minimum Gasteiger partial charge on any atom is -0.481 e. The number of piperazine rings is 1. The van der Waals surface area contributed by atoms with Crippen molar-refractivity contribution >= 4 is 11.7 Å². The Kier molecular flexibility index (Phi) is 5.23. The molecule has 1 fully saturated rings. The van der Waals surface area contributed by atoms with E-state index in [0.29, 0.717) is 13.1 Å². The van der Waals surface area contributed by atoms with Crippen LogP contribution in [0.15, 0.2) is 36.4 Å².